The SMILES string of the molecule is CCCOc1ccc(Br)cc1CNCc1ccccc1O. The van der Waals surface area contributed by atoms with Gasteiger partial charge in [-0.25, -0.2) is 0 Å². The van der Waals surface area contributed by atoms with E-state index in [1.807, 2.05) is 30.3 Å². The first kappa shape index (κ1) is 15.9. The number of hydrogen-bond donors (Lipinski definition) is 2. The highest BCUT2D eigenvalue weighted by Gasteiger charge is 2.05. The van der Waals surface area contributed by atoms with E-state index < -0.39 is 0 Å². The molecule has 0 aromatic heterocycles. The maximum absolute atomic E-state index is 9.75. The molecule has 0 radical (unpaired) electrons. The number of halogens is 1. The van der Waals surface area contributed by atoms with E-state index in [-0.39, 0.29) is 0 Å². The van der Waals surface area contributed by atoms with Crippen LogP contribution in [0.3, 0.4) is 0 Å². The van der Waals surface area contributed by atoms with E-state index in [1.165, 1.54) is 0 Å². The fourth-order valence-corrected chi connectivity index (χ4v) is 2.44. The molecule has 112 valence electrons. The van der Waals surface area contributed by atoms with E-state index in [9.17, 15) is 5.11 Å². The highest BCUT2D eigenvalue weighted by molar-refractivity contribution is 9.10. The standard InChI is InChI=1S/C17H20BrNO2/c1-2-9-21-17-8-7-15(18)10-14(17)12-19-11-13-5-3-4-6-16(13)20/h3-8,10,19-20H,2,9,11-12H2,1H3. The third kappa shape index (κ3) is 4.76. The summed E-state index contributed by atoms with van der Waals surface area (Å²) in [4.78, 5) is 0. The van der Waals surface area contributed by atoms with E-state index in [0.717, 1.165) is 27.8 Å². The summed E-state index contributed by atoms with van der Waals surface area (Å²) in [5.41, 5.74) is 2.00. The van der Waals surface area contributed by atoms with Crippen LogP contribution in [0, 0.1) is 0 Å². The molecule has 0 unspecified atom stereocenters. The monoisotopic (exact) mass is 349 g/mol. The van der Waals surface area contributed by atoms with E-state index in [1.54, 1.807) is 6.07 Å². The number of phenolic OH excluding ortho intramolecular Hbond substituents is 1. The molecule has 0 aliphatic heterocycles. The van der Waals surface area contributed by atoms with Gasteiger partial charge in [0, 0.05) is 28.7 Å². The molecule has 2 aromatic carbocycles. The van der Waals surface area contributed by atoms with Crippen molar-refractivity contribution in [2.24, 2.45) is 0 Å². The van der Waals surface area contributed by atoms with E-state index in [2.05, 4.69) is 34.2 Å². The molecule has 2 aromatic rings. The molecule has 21 heavy (non-hydrogen) atoms. The lowest BCUT2D eigenvalue weighted by atomic mass is 10.1. The average Bonchev–Trinajstić information content (AvgIpc) is 2.48. The fraction of sp³-hybridized carbons (Fsp3) is 0.294. The van der Waals surface area contributed by atoms with Gasteiger partial charge in [0.2, 0.25) is 0 Å². The molecule has 2 N–H and O–H groups in total. The Hall–Kier alpha value is -1.52. The summed E-state index contributed by atoms with van der Waals surface area (Å²) in [6.45, 7) is 4.11. The summed E-state index contributed by atoms with van der Waals surface area (Å²) < 4.78 is 6.79. The van der Waals surface area contributed by atoms with Crippen molar-refractivity contribution in [2.75, 3.05) is 6.61 Å². The van der Waals surface area contributed by atoms with Crippen molar-refractivity contribution in [3.8, 4) is 11.5 Å². The fourth-order valence-electron chi connectivity index (χ4n) is 2.03. The average molecular weight is 350 g/mol. The Labute approximate surface area is 134 Å². The summed E-state index contributed by atoms with van der Waals surface area (Å²) >= 11 is 3.49. The van der Waals surface area contributed by atoms with Crippen molar-refractivity contribution in [3.63, 3.8) is 0 Å². The molecule has 0 aliphatic rings. The predicted octanol–water partition coefficient (Wildman–Crippen LogP) is 4.23. The summed E-state index contributed by atoms with van der Waals surface area (Å²) in [5.74, 6) is 1.23. The number of rotatable bonds is 7. The number of benzene rings is 2. The number of aromatic hydroxyl groups is 1. The maximum Gasteiger partial charge on any atom is 0.123 e. The van der Waals surface area contributed by atoms with Gasteiger partial charge in [0.05, 0.1) is 6.61 Å². The quantitative estimate of drug-likeness (QED) is 0.785. The predicted molar refractivity (Wildman–Crippen MR) is 88.6 cm³/mol. The first-order valence-electron chi connectivity index (χ1n) is 7.09. The van der Waals surface area contributed by atoms with E-state index in [0.29, 0.717) is 25.4 Å². The Morgan fingerprint density at radius 1 is 1.10 bits per heavy atom. The van der Waals surface area contributed by atoms with Crippen LogP contribution in [-0.4, -0.2) is 11.7 Å². The van der Waals surface area contributed by atoms with Gasteiger partial charge in [-0.2, -0.15) is 0 Å². The Bertz CT molecular complexity index is 587. The second-order valence-corrected chi connectivity index (χ2v) is 5.75. The molecule has 0 bridgehead atoms. The molecule has 3 nitrogen and oxygen atoms in total. The first-order chi connectivity index (χ1) is 10.2. The third-order valence-electron chi connectivity index (χ3n) is 3.11. The van der Waals surface area contributed by atoms with E-state index >= 15 is 0 Å². The van der Waals surface area contributed by atoms with Gasteiger partial charge in [-0.1, -0.05) is 41.1 Å². The van der Waals surface area contributed by atoms with Crippen LogP contribution in [0.25, 0.3) is 0 Å². The second-order valence-electron chi connectivity index (χ2n) is 4.83. The van der Waals surface area contributed by atoms with Gasteiger partial charge in [0.25, 0.3) is 0 Å². The highest BCUT2D eigenvalue weighted by atomic mass is 79.9. The zero-order valence-electron chi connectivity index (χ0n) is 12.1. The molecule has 0 atom stereocenters. The zero-order chi connectivity index (χ0) is 15.1. The molecule has 0 spiro atoms. The molecule has 0 saturated carbocycles. The minimum absolute atomic E-state index is 0.321. The Balaban J connectivity index is 1.99. The van der Waals surface area contributed by atoms with Crippen molar-refractivity contribution in [1.29, 1.82) is 0 Å². The van der Waals surface area contributed by atoms with Crippen LogP contribution in [0.1, 0.15) is 24.5 Å². The van der Waals surface area contributed by atoms with Crippen LogP contribution >= 0.6 is 15.9 Å². The molecule has 0 saturated heterocycles. The van der Waals surface area contributed by atoms with E-state index in [4.69, 9.17) is 4.74 Å². The normalized spacial score (nSPS) is 10.6. The van der Waals surface area contributed by atoms with Crippen molar-refractivity contribution in [1.82, 2.24) is 5.32 Å². The van der Waals surface area contributed by atoms with Gasteiger partial charge in [0.1, 0.15) is 11.5 Å². The second kappa shape index (κ2) is 8.05. The van der Waals surface area contributed by atoms with Crippen LogP contribution in [-0.2, 0) is 13.1 Å². The molecule has 4 heteroatoms. The van der Waals surface area contributed by atoms with Crippen LogP contribution in [0.2, 0.25) is 0 Å². The van der Waals surface area contributed by atoms with Gasteiger partial charge >= 0.3 is 0 Å². The summed E-state index contributed by atoms with van der Waals surface area (Å²) in [6, 6.07) is 13.4. The molecular formula is C17H20BrNO2. The van der Waals surface area contributed by atoms with Crippen LogP contribution < -0.4 is 10.1 Å². The number of hydrogen-bond acceptors (Lipinski definition) is 3. The summed E-state index contributed by atoms with van der Waals surface area (Å²) in [7, 11) is 0. The Morgan fingerprint density at radius 2 is 1.86 bits per heavy atom. The van der Waals surface area contributed by atoms with Crippen LogP contribution in [0.15, 0.2) is 46.9 Å². The van der Waals surface area contributed by atoms with Crippen molar-refractivity contribution in [3.05, 3.63) is 58.1 Å². The van der Waals surface area contributed by atoms with Crippen LogP contribution in [0.5, 0.6) is 11.5 Å². The number of ether oxygens (including phenoxy) is 1. The highest BCUT2D eigenvalue weighted by Crippen LogP contribution is 2.24. The molecule has 0 amide bonds. The molecular weight excluding hydrogens is 330 g/mol. The molecule has 2 rings (SSSR count). The minimum atomic E-state index is 0.321. The first-order valence-corrected chi connectivity index (χ1v) is 7.89. The maximum atomic E-state index is 9.75. The number of phenols is 1. The number of para-hydroxylation sites is 1. The molecule has 0 fully saturated rings. The van der Waals surface area contributed by atoms with Gasteiger partial charge in [-0.05, 0) is 30.7 Å². The summed E-state index contributed by atoms with van der Waals surface area (Å²) in [6.07, 6.45) is 0.987. The topological polar surface area (TPSA) is 41.5 Å². The Morgan fingerprint density at radius 3 is 2.62 bits per heavy atom. The van der Waals surface area contributed by atoms with Gasteiger partial charge in [-0.15, -0.1) is 0 Å². The lowest BCUT2D eigenvalue weighted by molar-refractivity contribution is 0.313. The molecule has 0 heterocycles. The van der Waals surface area contributed by atoms with Crippen LogP contribution in [0.4, 0.5) is 0 Å². The largest absolute Gasteiger partial charge is 0.508 e. The van der Waals surface area contributed by atoms with Gasteiger partial charge in [-0.3, -0.25) is 0 Å². The third-order valence-corrected chi connectivity index (χ3v) is 3.60. The Kier molecular flexibility index (Phi) is 6.08. The van der Waals surface area contributed by atoms with Gasteiger partial charge in [0.15, 0.2) is 0 Å². The molecule has 0 aliphatic carbocycles. The van der Waals surface area contributed by atoms with Crippen molar-refractivity contribution in [2.45, 2.75) is 26.4 Å². The lowest BCUT2D eigenvalue weighted by Crippen LogP contribution is -2.14. The van der Waals surface area contributed by atoms with Gasteiger partial charge < -0.3 is 15.2 Å². The number of nitrogens with one attached hydrogen (secondary N) is 1. The minimum Gasteiger partial charge on any atom is -0.508 e. The van der Waals surface area contributed by atoms with Crippen molar-refractivity contribution < 1.29 is 9.84 Å². The smallest absolute Gasteiger partial charge is 0.123 e. The lowest BCUT2D eigenvalue weighted by Gasteiger charge is -2.13. The summed E-state index contributed by atoms with van der Waals surface area (Å²) in [5, 5.41) is 13.1. The van der Waals surface area contributed by atoms with Crippen molar-refractivity contribution >= 4 is 15.9 Å². The zero-order valence-corrected chi connectivity index (χ0v) is 13.7.